The Morgan fingerprint density at radius 3 is 2.81 bits per heavy atom. The van der Waals surface area contributed by atoms with E-state index in [1.807, 2.05) is 12.1 Å². The smallest absolute Gasteiger partial charge is 0.115 e. The van der Waals surface area contributed by atoms with Crippen LogP contribution in [0.25, 0.3) is 0 Å². The molecule has 1 aromatic carbocycles. The largest absolute Gasteiger partial charge is 0.508 e. The van der Waals surface area contributed by atoms with Crippen molar-refractivity contribution in [1.82, 2.24) is 10.2 Å². The van der Waals surface area contributed by atoms with Gasteiger partial charge in [0.15, 0.2) is 0 Å². The molecule has 1 atom stereocenters. The number of likely N-dealkylation sites (tertiary alicyclic amines) is 1. The number of phenols is 1. The van der Waals surface area contributed by atoms with Crippen LogP contribution in [-0.4, -0.2) is 35.7 Å². The normalized spacial score (nSPS) is 24.0. The highest BCUT2D eigenvalue weighted by Crippen LogP contribution is 2.33. The first-order chi connectivity index (χ1) is 10.3. The summed E-state index contributed by atoms with van der Waals surface area (Å²) in [6.07, 6.45) is 7.38. The highest BCUT2D eigenvalue weighted by molar-refractivity contribution is 5.38. The van der Waals surface area contributed by atoms with Gasteiger partial charge in [0, 0.05) is 12.1 Å². The molecule has 2 aliphatic rings. The Labute approximate surface area is 128 Å². The topological polar surface area (TPSA) is 35.5 Å². The van der Waals surface area contributed by atoms with Gasteiger partial charge in [0.05, 0.1) is 0 Å². The molecule has 3 heteroatoms. The molecule has 0 radical (unpaired) electrons. The van der Waals surface area contributed by atoms with Crippen LogP contribution in [0, 0.1) is 0 Å². The van der Waals surface area contributed by atoms with E-state index < -0.39 is 0 Å². The Kier molecular flexibility index (Phi) is 4.81. The molecular formula is C18H28N2O. The molecule has 0 aromatic heterocycles. The number of hydrogen-bond acceptors (Lipinski definition) is 3. The van der Waals surface area contributed by atoms with E-state index in [1.165, 1.54) is 62.9 Å². The number of benzene rings is 1. The minimum Gasteiger partial charge on any atom is -0.508 e. The van der Waals surface area contributed by atoms with E-state index in [0.717, 1.165) is 6.42 Å². The quantitative estimate of drug-likeness (QED) is 0.893. The molecule has 1 saturated heterocycles. The van der Waals surface area contributed by atoms with Crippen molar-refractivity contribution >= 4 is 0 Å². The van der Waals surface area contributed by atoms with Crippen molar-refractivity contribution in [3.63, 3.8) is 0 Å². The van der Waals surface area contributed by atoms with Gasteiger partial charge in [-0.05, 0) is 81.4 Å². The van der Waals surface area contributed by atoms with Gasteiger partial charge in [0.2, 0.25) is 0 Å². The first kappa shape index (κ1) is 14.9. The first-order valence-corrected chi connectivity index (χ1v) is 8.56. The Morgan fingerprint density at radius 2 is 2.05 bits per heavy atom. The lowest BCUT2D eigenvalue weighted by Gasteiger charge is -2.36. The third kappa shape index (κ3) is 3.58. The monoisotopic (exact) mass is 288 g/mol. The number of aryl methyl sites for hydroxylation is 1. The van der Waals surface area contributed by atoms with Crippen LogP contribution in [0.2, 0.25) is 0 Å². The fourth-order valence-electron chi connectivity index (χ4n) is 3.88. The number of nitrogens with zero attached hydrogens (tertiary/aromatic N) is 1. The van der Waals surface area contributed by atoms with Crippen molar-refractivity contribution in [3.05, 3.63) is 29.3 Å². The van der Waals surface area contributed by atoms with Gasteiger partial charge in [-0.15, -0.1) is 0 Å². The van der Waals surface area contributed by atoms with Crippen LogP contribution in [0.4, 0.5) is 0 Å². The lowest BCUT2D eigenvalue weighted by atomic mass is 9.86. The Balaban J connectivity index is 1.61. The number of hydrogen-bond donors (Lipinski definition) is 2. The summed E-state index contributed by atoms with van der Waals surface area (Å²) in [5.41, 5.74) is 2.75. The maximum absolute atomic E-state index is 9.77. The zero-order valence-electron chi connectivity index (χ0n) is 13.1. The molecule has 1 heterocycles. The number of rotatable bonds is 4. The lowest BCUT2D eigenvalue weighted by Crippen LogP contribution is -2.44. The highest BCUT2D eigenvalue weighted by atomic mass is 16.3. The molecule has 3 rings (SSSR count). The minimum atomic E-state index is 0.403. The van der Waals surface area contributed by atoms with E-state index >= 15 is 0 Å². The highest BCUT2D eigenvalue weighted by Gasteiger charge is 2.25. The third-order valence-electron chi connectivity index (χ3n) is 5.01. The van der Waals surface area contributed by atoms with Crippen LogP contribution in [0.15, 0.2) is 18.2 Å². The van der Waals surface area contributed by atoms with Crippen LogP contribution in [0.1, 0.15) is 56.2 Å². The van der Waals surface area contributed by atoms with Crippen molar-refractivity contribution in [2.45, 2.75) is 57.5 Å². The van der Waals surface area contributed by atoms with Crippen molar-refractivity contribution < 1.29 is 5.11 Å². The van der Waals surface area contributed by atoms with Crippen LogP contribution < -0.4 is 5.32 Å². The molecule has 0 bridgehead atoms. The van der Waals surface area contributed by atoms with Gasteiger partial charge in [-0.1, -0.05) is 13.0 Å². The van der Waals surface area contributed by atoms with Gasteiger partial charge < -0.3 is 15.3 Å². The van der Waals surface area contributed by atoms with Crippen molar-refractivity contribution in [2.24, 2.45) is 0 Å². The lowest BCUT2D eigenvalue weighted by molar-refractivity contribution is 0.188. The second kappa shape index (κ2) is 6.80. The summed E-state index contributed by atoms with van der Waals surface area (Å²) in [5, 5.41) is 13.6. The molecule has 1 aromatic rings. The maximum atomic E-state index is 9.77. The van der Waals surface area contributed by atoms with E-state index in [-0.39, 0.29) is 0 Å². The summed E-state index contributed by atoms with van der Waals surface area (Å²) in [5.74, 6) is 0.403. The van der Waals surface area contributed by atoms with E-state index in [2.05, 4.69) is 23.2 Å². The summed E-state index contributed by atoms with van der Waals surface area (Å²) in [7, 11) is 0. The van der Waals surface area contributed by atoms with Crippen molar-refractivity contribution in [2.75, 3.05) is 19.6 Å². The summed E-state index contributed by atoms with van der Waals surface area (Å²) in [4.78, 5) is 2.58. The van der Waals surface area contributed by atoms with Gasteiger partial charge in [-0.2, -0.15) is 0 Å². The van der Waals surface area contributed by atoms with Gasteiger partial charge in [0.1, 0.15) is 5.75 Å². The molecule has 0 amide bonds. The summed E-state index contributed by atoms with van der Waals surface area (Å²) >= 11 is 0. The zero-order chi connectivity index (χ0) is 14.7. The predicted molar refractivity (Wildman–Crippen MR) is 86.7 cm³/mol. The van der Waals surface area contributed by atoms with E-state index in [1.54, 1.807) is 0 Å². The summed E-state index contributed by atoms with van der Waals surface area (Å²) in [6, 6.07) is 6.96. The second-order valence-electron chi connectivity index (χ2n) is 6.61. The average Bonchev–Trinajstić information content (AvgIpc) is 2.50. The van der Waals surface area contributed by atoms with Crippen LogP contribution in [0.3, 0.4) is 0 Å². The molecule has 1 aliphatic carbocycles. The fraction of sp³-hybridized carbons (Fsp3) is 0.667. The summed E-state index contributed by atoms with van der Waals surface area (Å²) < 4.78 is 0. The second-order valence-corrected chi connectivity index (χ2v) is 6.61. The number of phenolic OH excluding ortho intramolecular Hbond substituents is 1. The Bertz CT molecular complexity index is 466. The molecular weight excluding hydrogens is 260 g/mol. The molecule has 116 valence electrons. The molecule has 1 fully saturated rings. The van der Waals surface area contributed by atoms with Gasteiger partial charge in [-0.3, -0.25) is 0 Å². The average molecular weight is 288 g/mol. The van der Waals surface area contributed by atoms with Gasteiger partial charge in [-0.25, -0.2) is 0 Å². The Hall–Kier alpha value is -1.06. The number of fused-ring (bicyclic) bond motifs is 1. The van der Waals surface area contributed by atoms with E-state index in [0.29, 0.717) is 17.8 Å². The van der Waals surface area contributed by atoms with Gasteiger partial charge >= 0.3 is 0 Å². The first-order valence-electron chi connectivity index (χ1n) is 8.56. The van der Waals surface area contributed by atoms with E-state index in [9.17, 15) is 5.11 Å². The number of nitrogens with one attached hydrogen (secondary N) is 1. The molecule has 1 aliphatic heterocycles. The third-order valence-corrected chi connectivity index (χ3v) is 5.01. The molecule has 0 saturated carbocycles. The fourth-order valence-corrected chi connectivity index (χ4v) is 3.88. The van der Waals surface area contributed by atoms with Crippen LogP contribution >= 0.6 is 0 Å². The van der Waals surface area contributed by atoms with Crippen LogP contribution in [-0.2, 0) is 6.42 Å². The molecule has 2 N–H and O–H groups in total. The molecule has 1 unspecified atom stereocenters. The number of piperidine rings is 1. The number of aromatic hydroxyl groups is 1. The zero-order valence-corrected chi connectivity index (χ0v) is 13.1. The molecule has 3 nitrogen and oxygen atoms in total. The summed E-state index contributed by atoms with van der Waals surface area (Å²) in [6.45, 7) is 5.96. The predicted octanol–water partition coefficient (Wildman–Crippen LogP) is 3.23. The molecule has 21 heavy (non-hydrogen) atoms. The van der Waals surface area contributed by atoms with E-state index in [4.69, 9.17) is 0 Å². The molecule has 0 spiro atoms. The van der Waals surface area contributed by atoms with Crippen molar-refractivity contribution in [3.8, 4) is 5.75 Å². The standard InChI is InChI=1S/C18H28N2O/c1-2-10-20-11-8-15(9-12-20)19-18-5-3-4-14-6-7-16(21)13-17(14)18/h6-7,13,15,18-19,21H,2-5,8-12H2,1H3. The van der Waals surface area contributed by atoms with Gasteiger partial charge in [0.25, 0.3) is 0 Å². The Morgan fingerprint density at radius 1 is 1.24 bits per heavy atom. The van der Waals surface area contributed by atoms with Crippen molar-refractivity contribution in [1.29, 1.82) is 0 Å². The SMILES string of the molecule is CCCN1CCC(NC2CCCc3ccc(O)cc32)CC1. The minimum absolute atomic E-state index is 0.403. The maximum Gasteiger partial charge on any atom is 0.115 e. The van der Waals surface area contributed by atoms with Crippen LogP contribution in [0.5, 0.6) is 5.75 Å².